The number of hydrogen-bond donors (Lipinski definition) is 1. The van der Waals surface area contributed by atoms with Gasteiger partial charge in [0.05, 0.1) is 10.6 Å². The summed E-state index contributed by atoms with van der Waals surface area (Å²) in [5.74, 6) is -1.06. The number of nitrogens with zero attached hydrogens (tertiary/aromatic N) is 2. The molecule has 0 spiro atoms. The Kier molecular flexibility index (Phi) is 2.82. The number of fused-ring (bicyclic) bond motifs is 2. The fourth-order valence-corrected chi connectivity index (χ4v) is 2.57. The van der Waals surface area contributed by atoms with E-state index in [1.54, 1.807) is 12.2 Å². The first kappa shape index (κ1) is 12.8. The third-order valence-corrected chi connectivity index (χ3v) is 3.58. The molecular formula is C12H10N2O5S. The maximum absolute atomic E-state index is 12.2. The van der Waals surface area contributed by atoms with Crippen LogP contribution in [0.25, 0.3) is 0 Å². The number of hydrogen-bond acceptors (Lipinski definition) is 5. The van der Waals surface area contributed by atoms with Crippen molar-refractivity contribution in [3.63, 3.8) is 0 Å². The van der Waals surface area contributed by atoms with Crippen molar-refractivity contribution in [3.8, 4) is 0 Å². The van der Waals surface area contributed by atoms with Crippen molar-refractivity contribution >= 4 is 35.0 Å². The molecular weight excluding hydrogens is 284 g/mol. The molecule has 20 heavy (non-hydrogen) atoms. The number of carbonyl (C=O) groups is 3. The van der Waals surface area contributed by atoms with E-state index in [1.807, 2.05) is 0 Å². The van der Waals surface area contributed by atoms with Crippen LogP contribution in [-0.4, -0.2) is 50.5 Å². The molecule has 0 bridgehead atoms. The first-order chi connectivity index (χ1) is 9.50. The highest BCUT2D eigenvalue weighted by Crippen LogP contribution is 2.37. The molecule has 1 saturated heterocycles. The van der Waals surface area contributed by atoms with Crippen LogP contribution in [0.4, 0.5) is 4.79 Å². The minimum Gasteiger partial charge on any atom is -0.481 e. The van der Waals surface area contributed by atoms with Gasteiger partial charge < -0.3 is 9.84 Å². The summed E-state index contributed by atoms with van der Waals surface area (Å²) in [5, 5.41) is 8.58. The molecule has 0 aromatic rings. The second kappa shape index (κ2) is 4.41. The van der Waals surface area contributed by atoms with Crippen LogP contribution >= 0.6 is 12.2 Å². The predicted octanol–water partition coefficient (Wildman–Crippen LogP) is 0.623. The Morgan fingerprint density at radius 1 is 1.40 bits per heavy atom. The smallest absolute Gasteiger partial charge is 0.334 e. The van der Waals surface area contributed by atoms with Crippen LogP contribution in [0.15, 0.2) is 23.6 Å². The molecule has 104 valence electrons. The van der Waals surface area contributed by atoms with E-state index in [-0.39, 0.29) is 19.4 Å². The Morgan fingerprint density at radius 2 is 2.15 bits per heavy atom. The number of carboxylic acid groups (broad SMARTS) is 1. The lowest BCUT2D eigenvalue weighted by Crippen LogP contribution is -2.34. The molecule has 2 aliphatic heterocycles. The van der Waals surface area contributed by atoms with Gasteiger partial charge in [-0.05, 0) is 18.6 Å². The van der Waals surface area contributed by atoms with Crippen molar-refractivity contribution in [2.24, 2.45) is 0 Å². The second-order valence-corrected chi connectivity index (χ2v) is 4.96. The van der Waals surface area contributed by atoms with Crippen molar-refractivity contribution in [2.75, 3.05) is 6.54 Å². The molecule has 1 atom stereocenters. The molecule has 1 aliphatic carbocycles. The Bertz CT molecular complexity index is 609. The number of carboxylic acids is 1. The first-order valence-corrected chi connectivity index (χ1v) is 6.41. The summed E-state index contributed by atoms with van der Waals surface area (Å²) in [4.78, 5) is 37.5. The lowest BCUT2D eigenvalue weighted by atomic mass is 10.3. The van der Waals surface area contributed by atoms with E-state index in [1.165, 1.54) is 4.90 Å². The Labute approximate surface area is 119 Å². The van der Waals surface area contributed by atoms with Crippen LogP contribution in [0.1, 0.15) is 12.8 Å². The molecule has 0 radical (unpaired) electrons. The molecule has 3 aliphatic rings. The summed E-state index contributed by atoms with van der Waals surface area (Å²) in [5.41, 5.74) is 0.499. The number of aliphatic carboxylic acids is 1. The number of amides is 3. The minimum absolute atomic E-state index is 0.0666. The van der Waals surface area contributed by atoms with E-state index in [9.17, 15) is 14.4 Å². The van der Waals surface area contributed by atoms with E-state index in [4.69, 9.17) is 22.1 Å². The van der Waals surface area contributed by atoms with E-state index in [0.29, 0.717) is 16.3 Å². The van der Waals surface area contributed by atoms with Gasteiger partial charge in [0.25, 0.3) is 12.1 Å². The molecule has 0 aromatic heterocycles. The standard InChI is InChI=1S/C12H10N2O5S/c15-8(16)2-1-5-13-10(17)11-14(12(13)18)6-3-4-7(20)9(6)19-11/h3-4,11H,1-2,5H2,(H,15,16). The third kappa shape index (κ3) is 1.72. The third-order valence-electron chi connectivity index (χ3n) is 3.26. The van der Waals surface area contributed by atoms with Crippen LogP contribution < -0.4 is 0 Å². The molecule has 7 nitrogen and oxygen atoms in total. The highest BCUT2D eigenvalue weighted by Gasteiger charge is 2.53. The SMILES string of the molecule is O=C(O)CCCN1C(=O)C2OC3=C(C=CC3=S)N2C1=O. The van der Waals surface area contributed by atoms with Crippen molar-refractivity contribution in [2.45, 2.75) is 19.1 Å². The van der Waals surface area contributed by atoms with Crippen molar-refractivity contribution in [1.82, 2.24) is 9.80 Å². The van der Waals surface area contributed by atoms with Gasteiger partial charge in [-0.2, -0.15) is 0 Å². The quantitative estimate of drug-likeness (QED) is 0.604. The average Bonchev–Trinajstić information content (AvgIpc) is 2.99. The maximum atomic E-state index is 12.2. The van der Waals surface area contributed by atoms with Gasteiger partial charge in [0, 0.05) is 13.0 Å². The van der Waals surface area contributed by atoms with Crippen molar-refractivity contribution in [1.29, 1.82) is 0 Å². The lowest BCUT2D eigenvalue weighted by Gasteiger charge is -2.14. The number of imide groups is 1. The molecule has 1 unspecified atom stereocenters. The molecule has 3 rings (SSSR count). The monoisotopic (exact) mass is 294 g/mol. The minimum atomic E-state index is -1.000. The molecule has 2 heterocycles. The summed E-state index contributed by atoms with van der Waals surface area (Å²) in [6.07, 6.45) is 2.40. The summed E-state index contributed by atoms with van der Waals surface area (Å²) in [6.45, 7) is 0.0666. The number of allylic oxidation sites excluding steroid dienone is 2. The van der Waals surface area contributed by atoms with Gasteiger partial charge in [0.2, 0.25) is 0 Å². The van der Waals surface area contributed by atoms with Gasteiger partial charge in [-0.1, -0.05) is 12.2 Å². The maximum Gasteiger partial charge on any atom is 0.334 e. The topological polar surface area (TPSA) is 87.2 Å². The first-order valence-electron chi connectivity index (χ1n) is 6.00. The largest absolute Gasteiger partial charge is 0.481 e. The van der Waals surface area contributed by atoms with E-state index in [2.05, 4.69) is 0 Å². The van der Waals surface area contributed by atoms with Gasteiger partial charge in [-0.3, -0.25) is 14.5 Å². The number of urea groups is 1. The Morgan fingerprint density at radius 3 is 2.85 bits per heavy atom. The summed E-state index contributed by atoms with van der Waals surface area (Å²) in [6, 6.07) is -0.496. The Balaban J connectivity index is 1.76. The lowest BCUT2D eigenvalue weighted by molar-refractivity contribution is -0.138. The van der Waals surface area contributed by atoms with Crippen molar-refractivity contribution < 1.29 is 24.2 Å². The molecule has 3 amide bonds. The summed E-state index contributed by atoms with van der Waals surface area (Å²) >= 11 is 5.04. The van der Waals surface area contributed by atoms with Gasteiger partial charge in [-0.25, -0.2) is 9.69 Å². The predicted molar refractivity (Wildman–Crippen MR) is 69.5 cm³/mol. The van der Waals surface area contributed by atoms with E-state index >= 15 is 0 Å². The van der Waals surface area contributed by atoms with Gasteiger partial charge >= 0.3 is 12.0 Å². The van der Waals surface area contributed by atoms with Crippen molar-refractivity contribution in [3.05, 3.63) is 23.6 Å². The highest BCUT2D eigenvalue weighted by molar-refractivity contribution is 7.81. The fourth-order valence-electron chi connectivity index (χ4n) is 2.35. The molecule has 0 saturated carbocycles. The summed E-state index contributed by atoms with van der Waals surface area (Å²) < 4.78 is 5.44. The number of ether oxygens (including phenoxy) is 1. The fraction of sp³-hybridized carbons (Fsp3) is 0.333. The van der Waals surface area contributed by atoms with Gasteiger partial charge in [-0.15, -0.1) is 0 Å². The Hall–Kier alpha value is -2.22. The van der Waals surface area contributed by atoms with Crippen LogP contribution in [0.3, 0.4) is 0 Å². The average molecular weight is 294 g/mol. The molecule has 8 heteroatoms. The molecule has 1 fully saturated rings. The second-order valence-electron chi connectivity index (χ2n) is 4.52. The van der Waals surface area contributed by atoms with Crippen LogP contribution in [-0.2, 0) is 14.3 Å². The highest BCUT2D eigenvalue weighted by atomic mass is 32.1. The molecule has 0 aromatic carbocycles. The zero-order chi connectivity index (χ0) is 14.4. The van der Waals surface area contributed by atoms with E-state index in [0.717, 1.165) is 4.90 Å². The van der Waals surface area contributed by atoms with Gasteiger partial charge in [0.1, 0.15) is 0 Å². The van der Waals surface area contributed by atoms with Gasteiger partial charge in [0.15, 0.2) is 5.76 Å². The number of rotatable bonds is 4. The van der Waals surface area contributed by atoms with Crippen LogP contribution in [0, 0.1) is 0 Å². The van der Waals surface area contributed by atoms with E-state index < -0.39 is 24.1 Å². The zero-order valence-electron chi connectivity index (χ0n) is 10.2. The zero-order valence-corrected chi connectivity index (χ0v) is 11.1. The van der Waals surface area contributed by atoms with Crippen LogP contribution in [0.2, 0.25) is 0 Å². The van der Waals surface area contributed by atoms with Crippen LogP contribution in [0.5, 0.6) is 0 Å². The number of carbonyl (C=O) groups excluding carboxylic acids is 2. The number of thiocarbonyl (C=S) groups is 1. The molecule has 1 N–H and O–H groups in total. The normalized spacial score (nSPS) is 23.6. The summed E-state index contributed by atoms with van der Waals surface area (Å²) in [7, 11) is 0.